The van der Waals surface area contributed by atoms with Crippen molar-refractivity contribution >= 4 is 11.8 Å². The molecule has 29 heavy (non-hydrogen) atoms. The van der Waals surface area contributed by atoms with Crippen molar-refractivity contribution in [1.82, 2.24) is 4.90 Å². The molecule has 0 spiro atoms. The number of nitrogens with zero attached hydrogens (tertiary/aromatic N) is 1. The molecule has 164 valence electrons. The molecule has 2 saturated carbocycles. The highest BCUT2D eigenvalue weighted by Crippen LogP contribution is 2.60. The van der Waals surface area contributed by atoms with Crippen molar-refractivity contribution in [2.75, 3.05) is 39.3 Å². The van der Waals surface area contributed by atoms with Crippen molar-refractivity contribution in [2.45, 2.75) is 84.6 Å². The van der Waals surface area contributed by atoms with E-state index in [9.17, 15) is 9.59 Å². The standard InChI is InChI=1S/C24H41N3O2/c1-23(2)20-11-12-24(23,3)22(29)27(21(20)28)14-8-7-13-25-15-17-26(18-16-25)19-9-5-4-6-10-19/h19-20H,4-18H2,1-3H3/p+2/t20-,24+/m0/s1. The first-order chi connectivity index (χ1) is 13.8. The van der Waals surface area contributed by atoms with Crippen LogP contribution in [0.3, 0.4) is 0 Å². The smallest absolute Gasteiger partial charge is 0.235 e. The summed E-state index contributed by atoms with van der Waals surface area (Å²) in [4.78, 5) is 31.3. The maximum Gasteiger partial charge on any atom is 0.235 e. The number of nitrogens with one attached hydrogen (secondary N) is 2. The number of carbonyl (C=O) groups is 2. The molecule has 2 aliphatic heterocycles. The largest absolute Gasteiger partial charge is 0.326 e. The van der Waals surface area contributed by atoms with Gasteiger partial charge in [0.1, 0.15) is 26.2 Å². The Labute approximate surface area is 177 Å². The molecule has 2 saturated heterocycles. The number of quaternary nitrogens is 2. The first-order valence-corrected chi connectivity index (χ1v) is 12.4. The van der Waals surface area contributed by atoms with E-state index in [1.807, 2.05) is 4.90 Å². The molecule has 2 N–H and O–H groups in total. The molecular weight excluding hydrogens is 362 g/mol. The number of piperidine rings is 1. The second kappa shape index (κ2) is 8.30. The number of unbranched alkanes of at least 4 members (excludes halogenated alkanes) is 1. The van der Waals surface area contributed by atoms with E-state index < -0.39 is 0 Å². The van der Waals surface area contributed by atoms with Crippen molar-refractivity contribution in [3.8, 4) is 0 Å². The lowest BCUT2D eigenvalue weighted by atomic mass is 9.62. The third-order valence-electron chi connectivity index (χ3n) is 9.45. The number of piperazine rings is 1. The molecule has 2 bridgehead atoms. The van der Waals surface area contributed by atoms with Crippen LogP contribution in [0.5, 0.6) is 0 Å². The van der Waals surface area contributed by atoms with Crippen molar-refractivity contribution < 1.29 is 19.4 Å². The predicted molar refractivity (Wildman–Crippen MR) is 114 cm³/mol. The van der Waals surface area contributed by atoms with E-state index in [1.54, 1.807) is 9.80 Å². The third-order valence-corrected chi connectivity index (χ3v) is 9.45. The average molecular weight is 406 g/mol. The Morgan fingerprint density at radius 1 is 0.931 bits per heavy atom. The number of rotatable bonds is 6. The molecule has 2 aliphatic carbocycles. The summed E-state index contributed by atoms with van der Waals surface area (Å²) >= 11 is 0. The zero-order valence-corrected chi connectivity index (χ0v) is 19.0. The van der Waals surface area contributed by atoms with Crippen LogP contribution < -0.4 is 9.80 Å². The van der Waals surface area contributed by atoms with Gasteiger partial charge in [-0.2, -0.15) is 0 Å². The SMILES string of the molecule is CC1(C)[C@H]2CC[C@]1(C)C(=O)N(CCCC[NH+]1CC[NH+](C3CCCCC3)CC1)C2=O. The molecule has 0 aromatic heterocycles. The Kier molecular flexibility index (Phi) is 6.09. The van der Waals surface area contributed by atoms with Crippen LogP contribution in [0, 0.1) is 16.7 Å². The van der Waals surface area contributed by atoms with Gasteiger partial charge in [-0.3, -0.25) is 14.5 Å². The number of fused-ring (bicyclic) bond motifs is 2. The minimum atomic E-state index is -0.352. The number of amides is 2. The molecule has 2 atom stereocenters. The first kappa shape index (κ1) is 21.3. The van der Waals surface area contributed by atoms with E-state index >= 15 is 0 Å². The predicted octanol–water partition coefficient (Wildman–Crippen LogP) is 0.694. The van der Waals surface area contributed by atoms with Gasteiger partial charge in [0, 0.05) is 12.5 Å². The fourth-order valence-corrected chi connectivity index (χ4v) is 6.85. The summed E-state index contributed by atoms with van der Waals surface area (Å²) in [7, 11) is 0. The summed E-state index contributed by atoms with van der Waals surface area (Å²) in [6, 6.07) is 0.933. The van der Waals surface area contributed by atoms with Crippen LogP contribution in [-0.4, -0.2) is 62.0 Å². The van der Waals surface area contributed by atoms with E-state index in [-0.39, 0.29) is 28.6 Å². The molecule has 5 nitrogen and oxygen atoms in total. The Balaban J connectivity index is 1.20. The van der Waals surface area contributed by atoms with Crippen molar-refractivity contribution in [2.24, 2.45) is 16.7 Å². The molecule has 0 unspecified atom stereocenters. The van der Waals surface area contributed by atoms with Crippen LogP contribution in [-0.2, 0) is 9.59 Å². The van der Waals surface area contributed by atoms with Crippen LogP contribution in [0.1, 0.15) is 78.6 Å². The Bertz CT molecular complexity index is 620. The second-order valence-electron chi connectivity index (χ2n) is 11.1. The van der Waals surface area contributed by atoms with E-state index in [0.29, 0.717) is 6.54 Å². The zero-order valence-electron chi connectivity index (χ0n) is 19.0. The average Bonchev–Trinajstić information content (AvgIpc) is 2.92. The molecule has 5 heteroatoms. The molecule has 4 fully saturated rings. The molecule has 2 heterocycles. The second-order valence-corrected chi connectivity index (χ2v) is 11.1. The van der Waals surface area contributed by atoms with Gasteiger partial charge in [0.25, 0.3) is 0 Å². The van der Waals surface area contributed by atoms with Crippen LogP contribution in [0.4, 0.5) is 0 Å². The summed E-state index contributed by atoms with van der Waals surface area (Å²) in [5.74, 6) is 0.233. The Morgan fingerprint density at radius 2 is 1.62 bits per heavy atom. The minimum absolute atomic E-state index is 0.0339. The van der Waals surface area contributed by atoms with Gasteiger partial charge in [0.2, 0.25) is 11.8 Å². The van der Waals surface area contributed by atoms with Gasteiger partial charge >= 0.3 is 0 Å². The molecule has 4 aliphatic rings. The van der Waals surface area contributed by atoms with Gasteiger partial charge in [-0.25, -0.2) is 0 Å². The lowest BCUT2D eigenvalue weighted by Gasteiger charge is -2.47. The normalized spacial score (nSPS) is 37.9. The summed E-state index contributed by atoms with van der Waals surface area (Å²) in [6.45, 7) is 13.4. The van der Waals surface area contributed by atoms with Gasteiger partial charge < -0.3 is 9.80 Å². The van der Waals surface area contributed by atoms with Gasteiger partial charge in [0.05, 0.1) is 18.0 Å². The van der Waals surface area contributed by atoms with Crippen LogP contribution >= 0.6 is 0 Å². The number of carbonyl (C=O) groups excluding carboxylic acids is 2. The number of hydrogen-bond acceptors (Lipinski definition) is 2. The highest BCUT2D eigenvalue weighted by molar-refractivity contribution is 6.03. The molecule has 2 amide bonds. The van der Waals surface area contributed by atoms with Crippen molar-refractivity contribution in [1.29, 1.82) is 0 Å². The monoisotopic (exact) mass is 405 g/mol. The fraction of sp³-hybridized carbons (Fsp3) is 0.917. The number of imide groups is 1. The van der Waals surface area contributed by atoms with E-state index in [2.05, 4.69) is 20.8 Å². The third kappa shape index (κ3) is 3.78. The van der Waals surface area contributed by atoms with Gasteiger partial charge in [-0.15, -0.1) is 0 Å². The Morgan fingerprint density at radius 3 is 2.31 bits per heavy atom. The zero-order chi connectivity index (χ0) is 20.6. The van der Waals surface area contributed by atoms with Gasteiger partial charge in [0.15, 0.2) is 0 Å². The number of likely N-dealkylation sites (tertiary alicyclic amines) is 1. The molecular formula is C24H43N3O2+2. The lowest BCUT2D eigenvalue weighted by molar-refractivity contribution is -1.02. The van der Waals surface area contributed by atoms with E-state index in [1.165, 1.54) is 64.8 Å². The first-order valence-electron chi connectivity index (χ1n) is 12.4. The molecule has 4 rings (SSSR count). The van der Waals surface area contributed by atoms with E-state index in [0.717, 1.165) is 31.7 Å². The Hall–Kier alpha value is -0.940. The lowest BCUT2D eigenvalue weighted by Crippen LogP contribution is -3.29. The van der Waals surface area contributed by atoms with Crippen molar-refractivity contribution in [3.05, 3.63) is 0 Å². The van der Waals surface area contributed by atoms with Gasteiger partial charge in [-0.1, -0.05) is 27.2 Å². The maximum absolute atomic E-state index is 13.1. The van der Waals surface area contributed by atoms with Crippen LogP contribution in [0.2, 0.25) is 0 Å². The maximum atomic E-state index is 13.1. The number of hydrogen-bond donors (Lipinski definition) is 2. The highest BCUT2D eigenvalue weighted by Gasteiger charge is 2.64. The molecule has 0 aromatic carbocycles. The quantitative estimate of drug-likeness (QED) is 0.505. The van der Waals surface area contributed by atoms with Gasteiger partial charge in [-0.05, 0) is 56.8 Å². The summed E-state index contributed by atoms with van der Waals surface area (Å²) in [6.07, 6.45) is 11.0. The molecule has 0 radical (unpaired) electrons. The summed E-state index contributed by atoms with van der Waals surface area (Å²) in [5.41, 5.74) is -0.544. The minimum Gasteiger partial charge on any atom is -0.326 e. The van der Waals surface area contributed by atoms with E-state index in [4.69, 9.17) is 0 Å². The van der Waals surface area contributed by atoms with Crippen molar-refractivity contribution in [3.63, 3.8) is 0 Å². The topological polar surface area (TPSA) is 46.3 Å². The van der Waals surface area contributed by atoms with Crippen LogP contribution in [0.25, 0.3) is 0 Å². The fourth-order valence-electron chi connectivity index (χ4n) is 6.85. The summed E-state index contributed by atoms with van der Waals surface area (Å²) in [5, 5.41) is 0. The van der Waals surface area contributed by atoms with Crippen LogP contribution in [0.15, 0.2) is 0 Å². The highest BCUT2D eigenvalue weighted by atomic mass is 16.2. The molecule has 0 aromatic rings. The summed E-state index contributed by atoms with van der Waals surface area (Å²) < 4.78 is 0.